The van der Waals surface area contributed by atoms with Crippen LogP contribution in [0.2, 0.25) is 0 Å². The van der Waals surface area contributed by atoms with Crippen LogP contribution in [0.15, 0.2) is 0 Å². The topological polar surface area (TPSA) is 9.23 Å². The monoisotopic (exact) mass is 182 g/mol. The molecule has 0 bridgehead atoms. The molecule has 0 aromatic rings. The molecule has 0 fully saturated rings. The van der Waals surface area contributed by atoms with E-state index in [1.165, 1.54) is 0 Å². The van der Waals surface area contributed by atoms with Crippen molar-refractivity contribution < 1.29 is 31.1 Å². The Bertz CT molecular complexity index is 110. The van der Waals surface area contributed by atoms with E-state index in [-0.39, 0.29) is 0 Å². The fraction of sp³-hybridized carbons (Fsp3) is 1.00. The molecule has 0 radical (unpaired) electrons. The van der Waals surface area contributed by atoms with Crippen LogP contribution in [0.5, 0.6) is 0 Å². The van der Waals surface area contributed by atoms with Crippen molar-refractivity contribution in [3.05, 3.63) is 0 Å². The lowest BCUT2D eigenvalue weighted by Crippen LogP contribution is -2.24. The molecular formula is C4H4F6O. The Morgan fingerprint density at radius 3 is 1.82 bits per heavy atom. The van der Waals surface area contributed by atoms with Gasteiger partial charge in [0.15, 0.2) is 6.17 Å². The van der Waals surface area contributed by atoms with Crippen molar-refractivity contribution in [1.29, 1.82) is 0 Å². The van der Waals surface area contributed by atoms with Gasteiger partial charge in [0.05, 0.1) is 6.61 Å². The Morgan fingerprint density at radius 2 is 1.55 bits per heavy atom. The summed E-state index contributed by atoms with van der Waals surface area (Å²) in [6, 6.07) is 0. The average Bonchev–Trinajstić information content (AvgIpc) is 1.80. The normalized spacial score (nSPS) is 15.5. The van der Waals surface area contributed by atoms with Gasteiger partial charge in [-0.1, -0.05) is 0 Å². The molecule has 1 nitrogen and oxygen atoms in total. The van der Waals surface area contributed by atoms with Gasteiger partial charge in [-0.2, -0.15) is 0 Å². The molecule has 0 aliphatic carbocycles. The fourth-order valence-corrected chi connectivity index (χ4v) is 0.247. The lowest BCUT2D eigenvalue weighted by molar-refractivity contribution is -0.330. The van der Waals surface area contributed by atoms with E-state index in [0.717, 1.165) is 0 Å². The van der Waals surface area contributed by atoms with Crippen molar-refractivity contribution in [2.75, 3.05) is 6.61 Å². The van der Waals surface area contributed by atoms with E-state index in [1.807, 2.05) is 0 Å². The zero-order chi connectivity index (χ0) is 9.07. The van der Waals surface area contributed by atoms with Gasteiger partial charge < -0.3 is 0 Å². The van der Waals surface area contributed by atoms with Crippen molar-refractivity contribution in [3.63, 3.8) is 0 Å². The molecule has 0 saturated carbocycles. The van der Waals surface area contributed by atoms with Gasteiger partial charge in [0.1, 0.15) is 0 Å². The number of alkyl halides is 6. The first-order chi connectivity index (χ1) is 4.83. The van der Waals surface area contributed by atoms with Gasteiger partial charge in [-0.3, -0.25) is 4.74 Å². The van der Waals surface area contributed by atoms with Crippen LogP contribution in [0, 0.1) is 0 Å². The summed E-state index contributed by atoms with van der Waals surface area (Å²) in [6.45, 7) is -1.67. The van der Waals surface area contributed by atoms with Gasteiger partial charge in [0, 0.05) is 0 Å². The summed E-state index contributed by atoms with van der Waals surface area (Å²) in [5.41, 5.74) is 0. The van der Waals surface area contributed by atoms with Crippen LogP contribution in [0.3, 0.4) is 0 Å². The predicted molar refractivity (Wildman–Crippen MR) is 22.9 cm³/mol. The maximum absolute atomic E-state index is 11.7. The van der Waals surface area contributed by atoms with E-state index in [4.69, 9.17) is 0 Å². The molecule has 68 valence electrons. The Kier molecular flexibility index (Phi) is 3.64. The molecule has 0 spiro atoms. The van der Waals surface area contributed by atoms with Gasteiger partial charge in [0.2, 0.25) is 0 Å². The van der Waals surface area contributed by atoms with E-state index < -0.39 is 25.6 Å². The Balaban J connectivity index is 3.54. The average molecular weight is 182 g/mol. The zero-order valence-electron chi connectivity index (χ0n) is 5.04. The first-order valence-electron chi connectivity index (χ1n) is 2.46. The second kappa shape index (κ2) is 3.80. The SMILES string of the molecule is FC(F)C(F)COC(F)(F)F. The molecule has 0 saturated heterocycles. The highest BCUT2D eigenvalue weighted by molar-refractivity contribution is 4.55. The number of rotatable bonds is 3. The van der Waals surface area contributed by atoms with Gasteiger partial charge in [-0.15, -0.1) is 13.2 Å². The minimum absolute atomic E-state index is 1.67. The molecule has 11 heavy (non-hydrogen) atoms. The molecule has 0 heterocycles. The minimum Gasteiger partial charge on any atom is -0.289 e. The number of halogens is 6. The van der Waals surface area contributed by atoms with Crippen LogP contribution >= 0.6 is 0 Å². The summed E-state index contributed by atoms with van der Waals surface area (Å²) in [6.07, 6.45) is -11.4. The summed E-state index contributed by atoms with van der Waals surface area (Å²) < 4.78 is 70.0. The highest BCUT2D eigenvalue weighted by Gasteiger charge is 2.32. The lowest BCUT2D eigenvalue weighted by atomic mass is 10.4. The van der Waals surface area contributed by atoms with E-state index in [1.54, 1.807) is 0 Å². The smallest absolute Gasteiger partial charge is 0.289 e. The molecule has 0 amide bonds. The van der Waals surface area contributed by atoms with Crippen LogP contribution in [0.25, 0.3) is 0 Å². The summed E-state index contributed by atoms with van der Waals surface area (Å²) in [7, 11) is 0. The first kappa shape index (κ1) is 10.5. The molecule has 0 aromatic carbocycles. The third kappa shape index (κ3) is 5.96. The van der Waals surface area contributed by atoms with Gasteiger partial charge in [-0.25, -0.2) is 13.2 Å². The highest BCUT2D eigenvalue weighted by atomic mass is 19.4. The molecule has 0 aromatic heterocycles. The van der Waals surface area contributed by atoms with Crippen LogP contribution < -0.4 is 0 Å². The predicted octanol–water partition coefficient (Wildman–Crippen LogP) is 2.13. The van der Waals surface area contributed by atoms with Crippen LogP contribution in [0.4, 0.5) is 26.3 Å². The van der Waals surface area contributed by atoms with Crippen LogP contribution in [-0.4, -0.2) is 25.6 Å². The van der Waals surface area contributed by atoms with E-state index in [2.05, 4.69) is 4.74 Å². The summed E-state index contributed by atoms with van der Waals surface area (Å²) in [5.74, 6) is 0. The van der Waals surface area contributed by atoms with Crippen LogP contribution in [0.1, 0.15) is 0 Å². The summed E-state index contributed by atoms with van der Waals surface area (Å²) in [4.78, 5) is 0. The molecule has 1 atom stereocenters. The molecule has 7 heteroatoms. The summed E-state index contributed by atoms with van der Waals surface area (Å²) in [5, 5.41) is 0. The van der Waals surface area contributed by atoms with Gasteiger partial charge >= 0.3 is 6.36 Å². The van der Waals surface area contributed by atoms with Crippen molar-refractivity contribution in [2.24, 2.45) is 0 Å². The largest absolute Gasteiger partial charge is 0.522 e. The minimum atomic E-state index is -5.06. The molecule has 0 rings (SSSR count). The first-order valence-corrected chi connectivity index (χ1v) is 2.46. The van der Waals surface area contributed by atoms with E-state index in [9.17, 15) is 26.3 Å². The van der Waals surface area contributed by atoms with E-state index in [0.29, 0.717) is 0 Å². The number of hydrogen-bond donors (Lipinski definition) is 0. The van der Waals surface area contributed by atoms with Crippen LogP contribution in [-0.2, 0) is 4.74 Å². The number of ether oxygens (including phenoxy) is 1. The Hall–Kier alpha value is -0.460. The maximum atomic E-state index is 11.7. The second-order valence-corrected chi connectivity index (χ2v) is 1.61. The van der Waals surface area contributed by atoms with E-state index >= 15 is 0 Å². The highest BCUT2D eigenvalue weighted by Crippen LogP contribution is 2.18. The van der Waals surface area contributed by atoms with Crippen molar-refractivity contribution in [2.45, 2.75) is 19.0 Å². The maximum Gasteiger partial charge on any atom is 0.522 e. The van der Waals surface area contributed by atoms with Crippen molar-refractivity contribution in [3.8, 4) is 0 Å². The molecule has 0 aliphatic rings. The molecule has 1 unspecified atom stereocenters. The number of hydrogen-bond acceptors (Lipinski definition) is 1. The fourth-order valence-electron chi connectivity index (χ4n) is 0.247. The van der Waals surface area contributed by atoms with Crippen molar-refractivity contribution >= 4 is 0 Å². The zero-order valence-corrected chi connectivity index (χ0v) is 5.04. The molecule has 0 N–H and O–H groups in total. The third-order valence-electron chi connectivity index (χ3n) is 0.680. The third-order valence-corrected chi connectivity index (χ3v) is 0.680. The molecular weight excluding hydrogens is 178 g/mol. The van der Waals surface area contributed by atoms with Crippen molar-refractivity contribution in [1.82, 2.24) is 0 Å². The standard InChI is InChI=1S/C4H4F6O/c5-2(3(6)7)1-11-4(8,9)10/h2-3H,1H2. The summed E-state index contributed by atoms with van der Waals surface area (Å²) >= 11 is 0. The molecule has 0 aliphatic heterocycles. The quantitative estimate of drug-likeness (QED) is 0.607. The second-order valence-electron chi connectivity index (χ2n) is 1.61. The Morgan fingerprint density at radius 1 is 1.09 bits per heavy atom. The van der Waals surface area contributed by atoms with Gasteiger partial charge in [-0.05, 0) is 0 Å². The van der Waals surface area contributed by atoms with Gasteiger partial charge in [0.25, 0.3) is 6.43 Å². The lowest BCUT2D eigenvalue weighted by Gasteiger charge is -2.09. The Labute approximate surface area is 57.9 Å².